The van der Waals surface area contributed by atoms with Gasteiger partial charge in [0.2, 0.25) is 5.91 Å². The summed E-state index contributed by atoms with van der Waals surface area (Å²) < 4.78 is 6.42. The number of carbonyl (C=O) groups excluding carboxylic acids is 1. The number of rotatable bonds is 7. The lowest BCUT2D eigenvalue weighted by atomic mass is 10.1. The van der Waals surface area contributed by atoms with E-state index in [1.54, 1.807) is 0 Å². The van der Waals surface area contributed by atoms with Crippen LogP contribution in [-0.2, 0) is 9.59 Å². The molecule has 0 fully saturated rings. The highest BCUT2D eigenvalue weighted by atomic mass is 79.9. The maximum Gasteiger partial charge on any atom is 0.328 e. The van der Waals surface area contributed by atoms with Crippen molar-refractivity contribution in [2.75, 3.05) is 6.61 Å². The second-order valence-corrected chi connectivity index (χ2v) is 5.80. The molecule has 0 aliphatic heterocycles. The molecule has 0 aliphatic rings. The van der Waals surface area contributed by atoms with Gasteiger partial charge in [-0.3, -0.25) is 4.79 Å². The molecule has 0 heterocycles. The maximum atomic E-state index is 11.6. The van der Waals surface area contributed by atoms with Crippen molar-refractivity contribution in [3.8, 4) is 5.75 Å². The van der Waals surface area contributed by atoms with Gasteiger partial charge in [0.1, 0.15) is 11.3 Å². The molecule has 1 amide bonds. The van der Waals surface area contributed by atoms with Crippen molar-refractivity contribution < 1.29 is 19.4 Å². The number of nitrogens with one attached hydrogen (secondary N) is 1. The summed E-state index contributed by atoms with van der Waals surface area (Å²) in [6.45, 7) is 3.30. The molecule has 0 atom stereocenters. The van der Waals surface area contributed by atoms with Crippen LogP contribution in [-0.4, -0.2) is 29.1 Å². The Morgan fingerprint density at radius 2 is 2.10 bits per heavy atom. The first-order chi connectivity index (χ1) is 9.31. The standard InChI is InChI=1S/C14H18BrNO4/c1-14(2,13(18)19)16-12(17)7-4-8-20-11-6-3-5-10(15)9-11/h3,5-6,9H,4,7-8H2,1-2H3,(H,16,17)(H,18,19). The van der Waals surface area contributed by atoms with E-state index in [1.165, 1.54) is 13.8 Å². The molecule has 1 rings (SSSR count). The molecule has 0 spiro atoms. The smallest absolute Gasteiger partial charge is 0.328 e. The zero-order valence-corrected chi connectivity index (χ0v) is 13.1. The van der Waals surface area contributed by atoms with Crippen molar-refractivity contribution in [1.29, 1.82) is 0 Å². The van der Waals surface area contributed by atoms with Gasteiger partial charge in [0.05, 0.1) is 6.61 Å². The van der Waals surface area contributed by atoms with Crippen LogP contribution in [0.25, 0.3) is 0 Å². The average Bonchev–Trinajstić information content (AvgIpc) is 2.34. The minimum absolute atomic E-state index is 0.227. The van der Waals surface area contributed by atoms with Crippen molar-refractivity contribution in [3.05, 3.63) is 28.7 Å². The third-order valence-corrected chi connectivity index (χ3v) is 3.09. The van der Waals surface area contributed by atoms with Crippen molar-refractivity contribution in [2.45, 2.75) is 32.2 Å². The SMILES string of the molecule is CC(C)(NC(=O)CCCOc1cccc(Br)c1)C(=O)O. The Morgan fingerprint density at radius 1 is 1.40 bits per heavy atom. The van der Waals surface area contributed by atoms with Crippen molar-refractivity contribution in [1.82, 2.24) is 5.32 Å². The fourth-order valence-electron chi connectivity index (χ4n) is 1.44. The lowest BCUT2D eigenvalue weighted by molar-refractivity contribution is -0.146. The van der Waals surface area contributed by atoms with E-state index < -0.39 is 11.5 Å². The summed E-state index contributed by atoms with van der Waals surface area (Å²) in [5, 5.41) is 11.4. The van der Waals surface area contributed by atoms with Crippen LogP contribution in [0.3, 0.4) is 0 Å². The molecular weight excluding hydrogens is 326 g/mol. The lowest BCUT2D eigenvalue weighted by Gasteiger charge is -2.20. The van der Waals surface area contributed by atoms with E-state index in [2.05, 4.69) is 21.2 Å². The van der Waals surface area contributed by atoms with E-state index in [9.17, 15) is 9.59 Å². The van der Waals surface area contributed by atoms with Crippen LogP contribution in [0.15, 0.2) is 28.7 Å². The van der Waals surface area contributed by atoms with E-state index in [4.69, 9.17) is 9.84 Å². The Hall–Kier alpha value is -1.56. The van der Waals surface area contributed by atoms with Gasteiger partial charge in [0, 0.05) is 10.9 Å². The van der Waals surface area contributed by atoms with Crippen LogP contribution in [0, 0.1) is 0 Å². The summed E-state index contributed by atoms with van der Waals surface area (Å²) in [6, 6.07) is 7.43. The van der Waals surface area contributed by atoms with Crippen LogP contribution < -0.4 is 10.1 Å². The van der Waals surface area contributed by atoms with Gasteiger partial charge in [-0.2, -0.15) is 0 Å². The van der Waals surface area contributed by atoms with Gasteiger partial charge < -0.3 is 15.2 Å². The Balaban J connectivity index is 2.28. The summed E-state index contributed by atoms with van der Waals surface area (Å²) in [5.41, 5.74) is -1.25. The van der Waals surface area contributed by atoms with Crippen LogP contribution >= 0.6 is 15.9 Å². The zero-order chi connectivity index (χ0) is 15.2. The normalized spacial score (nSPS) is 10.9. The molecule has 0 aliphatic carbocycles. The van der Waals surface area contributed by atoms with Crippen molar-refractivity contribution in [2.24, 2.45) is 0 Å². The highest BCUT2D eigenvalue weighted by molar-refractivity contribution is 9.10. The first-order valence-electron chi connectivity index (χ1n) is 6.24. The molecule has 0 saturated carbocycles. The van der Waals surface area contributed by atoms with Gasteiger partial charge in [-0.05, 0) is 38.5 Å². The summed E-state index contributed by atoms with van der Waals surface area (Å²) >= 11 is 3.34. The first-order valence-corrected chi connectivity index (χ1v) is 7.03. The van der Waals surface area contributed by atoms with E-state index in [1.807, 2.05) is 24.3 Å². The quantitative estimate of drug-likeness (QED) is 0.746. The van der Waals surface area contributed by atoms with Crippen LogP contribution in [0.2, 0.25) is 0 Å². The highest BCUT2D eigenvalue weighted by Gasteiger charge is 2.28. The maximum absolute atomic E-state index is 11.6. The molecular formula is C14H18BrNO4. The largest absolute Gasteiger partial charge is 0.494 e. The second-order valence-electron chi connectivity index (χ2n) is 4.89. The topological polar surface area (TPSA) is 75.6 Å². The number of benzene rings is 1. The van der Waals surface area contributed by atoms with Gasteiger partial charge >= 0.3 is 5.97 Å². The minimum Gasteiger partial charge on any atom is -0.494 e. The molecule has 2 N–H and O–H groups in total. The zero-order valence-electron chi connectivity index (χ0n) is 11.5. The molecule has 20 heavy (non-hydrogen) atoms. The number of carboxylic acids is 1. The average molecular weight is 344 g/mol. The molecule has 5 nitrogen and oxygen atoms in total. The molecule has 0 unspecified atom stereocenters. The number of halogens is 1. The van der Waals surface area contributed by atoms with Gasteiger partial charge in [0.25, 0.3) is 0 Å². The lowest BCUT2D eigenvalue weighted by Crippen LogP contribution is -2.49. The van der Waals surface area contributed by atoms with Gasteiger partial charge in [-0.25, -0.2) is 4.79 Å². The fourth-order valence-corrected chi connectivity index (χ4v) is 1.82. The third kappa shape index (κ3) is 5.61. The number of hydrogen-bond acceptors (Lipinski definition) is 3. The number of carbonyl (C=O) groups is 2. The van der Waals surface area contributed by atoms with Crippen LogP contribution in [0.1, 0.15) is 26.7 Å². The molecule has 6 heteroatoms. The molecule has 0 aromatic heterocycles. The third-order valence-electron chi connectivity index (χ3n) is 2.60. The molecule has 0 bridgehead atoms. The number of amides is 1. The Labute approximate surface area is 126 Å². The molecule has 0 saturated heterocycles. The second kappa shape index (κ2) is 7.28. The van der Waals surface area contributed by atoms with Crippen LogP contribution in [0.4, 0.5) is 0 Å². The van der Waals surface area contributed by atoms with Gasteiger partial charge in [0.15, 0.2) is 0 Å². The predicted octanol–water partition coefficient (Wildman–Crippen LogP) is 2.59. The van der Waals surface area contributed by atoms with Crippen LogP contribution in [0.5, 0.6) is 5.75 Å². The van der Waals surface area contributed by atoms with Crippen molar-refractivity contribution >= 4 is 27.8 Å². The van der Waals surface area contributed by atoms with Gasteiger partial charge in [-0.1, -0.05) is 22.0 Å². The Kier molecular flexibility index (Phi) is 6.01. The molecule has 1 aromatic carbocycles. The van der Waals surface area contributed by atoms with Crippen molar-refractivity contribution in [3.63, 3.8) is 0 Å². The number of hydrogen-bond donors (Lipinski definition) is 2. The van der Waals surface area contributed by atoms with E-state index in [-0.39, 0.29) is 12.3 Å². The summed E-state index contributed by atoms with van der Waals surface area (Å²) in [6.07, 6.45) is 0.749. The summed E-state index contributed by atoms with van der Waals surface area (Å²) in [4.78, 5) is 22.5. The Morgan fingerprint density at radius 3 is 2.70 bits per heavy atom. The van der Waals surface area contributed by atoms with E-state index >= 15 is 0 Å². The minimum atomic E-state index is -1.25. The van der Waals surface area contributed by atoms with E-state index in [0.717, 1.165) is 10.2 Å². The first kappa shape index (κ1) is 16.5. The monoisotopic (exact) mass is 343 g/mol. The molecule has 110 valence electrons. The van der Waals surface area contributed by atoms with E-state index in [0.29, 0.717) is 13.0 Å². The summed E-state index contributed by atoms with van der Waals surface area (Å²) in [7, 11) is 0. The highest BCUT2D eigenvalue weighted by Crippen LogP contribution is 2.17. The number of aliphatic carboxylic acids is 1. The fraction of sp³-hybridized carbons (Fsp3) is 0.429. The Bertz CT molecular complexity index is 488. The number of ether oxygens (including phenoxy) is 1. The van der Waals surface area contributed by atoms with Gasteiger partial charge in [-0.15, -0.1) is 0 Å². The predicted molar refractivity (Wildman–Crippen MR) is 78.7 cm³/mol. The summed E-state index contributed by atoms with van der Waals surface area (Å²) in [5.74, 6) is -0.628. The molecule has 0 radical (unpaired) electrons. The molecule has 1 aromatic rings. The number of carboxylic acid groups (broad SMARTS) is 1.